The molecular weight excluding hydrogens is 493 g/mol. The number of unbranched alkanes of at least 4 members (excludes halogenated alkanes) is 7. The molecule has 0 bridgehead atoms. The molecule has 11 heteroatoms. The Morgan fingerprint density at radius 1 is 0.946 bits per heavy atom. The molecule has 1 aromatic carbocycles. The van der Waals surface area contributed by atoms with Crippen molar-refractivity contribution < 1.29 is 41.9 Å². The van der Waals surface area contributed by atoms with Gasteiger partial charge in [-0.1, -0.05) is 44.6 Å². The summed E-state index contributed by atoms with van der Waals surface area (Å²) in [5.41, 5.74) is 0.0817. The van der Waals surface area contributed by atoms with Crippen molar-refractivity contribution >= 4 is 29.4 Å². The largest absolute Gasteiger partial charge is 0.485 e. The fourth-order valence-corrected chi connectivity index (χ4v) is 4.54. The maximum absolute atomic E-state index is 13.0. The number of halogens is 3. The molecule has 1 aromatic rings. The Morgan fingerprint density at radius 2 is 1.59 bits per heavy atom. The van der Waals surface area contributed by atoms with Gasteiger partial charge in [-0.25, -0.2) is 0 Å². The zero-order chi connectivity index (χ0) is 27.0. The summed E-state index contributed by atoms with van der Waals surface area (Å²) in [4.78, 5) is 62.6. The van der Waals surface area contributed by atoms with Crippen molar-refractivity contribution in [1.29, 1.82) is 0 Å². The highest BCUT2D eigenvalue weighted by Gasteiger charge is 2.46. The van der Waals surface area contributed by atoms with Gasteiger partial charge < -0.3 is 4.74 Å². The van der Waals surface area contributed by atoms with E-state index in [4.69, 9.17) is 4.74 Å². The van der Waals surface area contributed by atoms with Crippen molar-refractivity contribution in [1.82, 2.24) is 10.2 Å². The minimum absolute atomic E-state index is 0.000216. The van der Waals surface area contributed by atoms with Gasteiger partial charge >= 0.3 is 6.18 Å². The molecule has 1 saturated heterocycles. The Hall–Kier alpha value is -3.24. The predicted molar refractivity (Wildman–Crippen MR) is 126 cm³/mol. The number of amides is 4. The number of hydrogen-bond acceptors (Lipinski definition) is 6. The van der Waals surface area contributed by atoms with Gasteiger partial charge in [0, 0.05) is 19.3 Å². The van der Waals surface area contributed by atoms with Crippen LogP contribution in [0.3, 0.4) is 0 Å². The Bertz CT molecular complexity index is 1040. The van der Waals surface area contributed by atoms with Crippen LogP contribution >= 0.6 is 0 Å². The van der Waals surface area contributed by atoms with Gasteiger partial charge in [0.05, 0.1) is 11.1 Å². The van der Waals surface area contributed by atoms with Gasteiger partial charge in [0.25, 0.3) is 11.8 Å². The lowest BCUT2D eigenvalue weighted by atomic mass is 10.0. The maximum atomic E-state index is 13.0. The molecule has 0 spiro atoms. The first kappa shape index (κ1) is 28.3. The highest BCUT2D eigenvalue weighted by molar-refractivity contribution is 6.24. The van der Waals surface area contributed by atoms with Gasteiger partial charge in [0.1, 0.15) is 18.4 Å². The Kier molecular flexibility index (Phi) is 9.82. The minimum Gasteiger partial charge on any atom is -0.485 e. The van der Waals surface area contributed by atoms with Crippen LogP contribution in [0.2, 0.25) is 0 Å². The van der Waals surface area contributed by atoms with Gasteiger partial charge in [-0.15, -0.1) is 0 Å². The van der Waals surface area contributed by atoms with E-state index in [1.165, 1.54) is 18.2 Å². The van der Waals surface area contributed by atoms with Gasteiger partial charge in [-0.3, -0.25) is 34.2 Å². The lowest BCUT2D eigenvalue weighted by Gasteiger charge is -2.27. The van der Waals surface area contributed by atoms with Crippen molar-refractivity contribution in [3.8, 4) is 5.75 Å². The van der Waals surface area contributed by atoms with Crippen molar-refractivity contribution in [2.45, 2.75) is 89.3 Å². The van der Waals surface area contributed by atoms with E-state index in [0.29, 0.717) is 12.8 Å². The standard InChI is InChI=1S/C26H31F3N2O6/c27-26(28,29)15-8-6-4-2-1-3-5-7-10-17(32)16-37-20-12-9-11-18-22(20)25(36)31(24(18)35)19-13-14-21(33)30-23(19)34/h9,11-12,19H,1-8,10,13-16H2,(H,30,33,34). The van der Waals surface area contributed by atoms with E-state index in [1.807, 2.05) is 0 Å². The monoisotopic (exact) mass is 524 g/mol. The lowest BCUT2D eigenvalue weighted by molar-refractivity contribution is -0.137. The number of rotatable bonds is 14. The van der Waals surface area contributed by atoms with E-state index in [0.717, 1.165) is 37.0 Å². The molecule has 8 nitrogen and oxygen atoms in total. The number of carbonyl (C=O) groups excluding carboxylic acids is 5. The first-order chi connectivity index (χ1) is 17.6. The van der Waals surface area contributed by atoms with Crippen LogP contribution in [0.5, 0.6) is 5.75 Å². The molecule has 202 valence electrons. The third kappa shape index (κ3) is 7.87. The summed E-state index contributed by atoms with van der Waals surface area (Å²) >= 11 is 0. The van der Waals surface area contributed by atoms with E-state index in [-0.39, 0.29) is 54.9 Å². The Morgan fingerprint density at radius 3 is 2.24 bits per heavy atom. The Balaban J connectivity index is 1.39. The molecule has 2 aliphatic heterocycles. The minimum atomic E-state index is -4.08. The van der Waals surface area contributed by atoms with Gasteiger partial charge in [-0.05, 0) is 31.4 Å². The van der Waals surface area contributed by atoms with Gasteiger partial charge in [0.2, 0.25) is 11.8 Å². The average molecular weight is 525 g/mol. The molecule has 4 amide bonds. The lowest BCUT2D eigenvalue weighted by Crippen LogP contribution is -2.54. The second kappa shape index (κ2) is 12.8. The van der Waals surface area contributed by atoms with Crippen LogP contribution in [0, 0.1) is 0 Å². The molecule has 0 radical (unpaired) electrons. The summed E-state index contributed by atoms with van der Waals surface area (Å²) < 4.78 is 41.9. The second-order valence-electron chi connectivity index (χ2n) is 9.40. The smallest absolute Gasteiger partial charge is 0.389 e. The number of ether oxygens (including phenoxy) is 1. The SMILES string of the molecule is O=C(CCCCCCCCCCC(F)(F)F)COc1cccc2c1C(=O)N(C1CCC(=O)NC1=O)C2=O. The highest BCUT2D eigenvalue weighted by Crippen LogP contribution is 2.33. The number of carbonyl (C=O) groups is 5. The quantitative estimate of drug-likeness (QED) is 0.284. The van der Waals surface area contributed by atoms with Crippen molar-refractivity contribution in [2.24, 2.45) is 0 Å². The maximum Gasteiger partial charge on any atom is 0.389 e. The molecule has 3 rings (SSSR count). The van der Waals surface area contributed by atoms with E-state index >= 15 is 0 Å². The summed E-state index contributed by atoms with van der Waals surface area (Å²) in [6.45, 7) is -0.268. The van der Waals surface area contributed by atoms with Crippen LogP contribution in [0.4, 0.5) is 13.2 Å². The number of benzene rings is 1. The van der Waals surface area contributed by atoms with E-state index < -0.39 is 42.3 Å². The molecule has 0 aromatic heterocycles. The Labute approximate surface area is 212 Å². The first-order valence-corrected chi connectivity index (χ1v) is 12.6. The molecular formula is C26H31F3N2O6. The third-order valence-electron chi connectivity index (χ3n) is 6.48. The fraction of sp³-hybridized carbons (Fsp3) is 0.577. The average Bonchev–Trinajstić information content (AvgIpc) is 3.09. The topological polar surface area (TPSA) is 110 Å². The molecule has 37 heavy (non-hydrogen) atoms. The molecule has 1 N–H and O–H groups in total. The van der Waals surface area contributed by atoms with E-state index in [9.17, 15) is 37.1 Å². The van der Waals surface area contributed by atoms with Crippen LogP contribution < -0.4 is 10.1 Å². The summed E-state index contributed by atoms with van der Waals surface area (Å²) in [5.74, 6) is -2.58. The van der Waals surface area contributed by atoms with Crippen molar-refractivity contribution in [3.63, 3.8) is 0 Å². The number of nitrogens with one attached hydrogen (secondary N) is 1. The van der Waals surface area contributed by atoms with Crippen molar-refractivity contribution in [3.05, 3.63) is 29.3 Å². The zero-order valence-corrected chi connectivity index (χ0v) is 20.5. The molecule has 2 heterocycles. The van der Waals surface area contributed by atoms with Crippen molar-refractivity contribution in [2.75, 3.05) is 6.61 Å². The third-order valence-corrected chi connectivity index (χ3v) is 6.48. The molecule has 1 unspecified atom stereocenters. The molecule has 1 fully saturated rings. The van der Waals surface area contributed by atoms with Crippen LogP contribution in [0.1, 0.15) is 97.8 Å². The van der Waals surface area contributed by atoms with E-state index in [1.54, 1.807) is 0 Å². The van der Waals surface area contributed by atoms with Crippen LogP contribution in [-0.4, -0.2) is 53.1 Å². The second-order valence-corrected chi connectivity index (χ2v) is 9.40. The van der Waals surface area contributed by atoms with Crippen LogP contribution in [0.25, 0.3) is 0 Å². The number of hydrogen-bond donors (Lipinski definition) is 1. The number of imide groups is 2. The predicted octanol–water partition coefficient (Wildman–Crippen LogP) is 4.50. The number of fused-ring (bicyclic) bond motifs is 1. The van der Waals surface area contributed by atoms with Gasteiger partial charge in [-0.2, -0.15) is 13.2 Å². The van der Waals surface area contributed by atoms with Gasteiger partial charge in [0.15, 0.2) is 5.78 Å². The molecule has 1 atom stereocenters. The number of nitrogens with zero attached hydrogens (tertiary/aromatic N) is 1. The highest BCUT2D eigenvalue weighted by atomic mass is 19.4. The summed E-state index contributed by atoms with van der Waals surface area (Å²) in [7, 11) is 0. The summed E-state index contributed by atoms with van der Waals surface area (Å²) in [6.07, 6.45) is 1.19. The van der Waals surface area contributed by atoms with Crippen LogP contribution in [0.15, 0.2) is 18.2 Å². The summed E-state index contributed by atoms with van der Waals surface area (Å²) in [5, 5.41) is 2.14. The molecule has 2 aliphatic rings. The molecule has 0 saturated carbocycles. The summed E-state index contributed by atoms with van der Waals surface area (Å²) in [6, 6.07) is 3.38. The number of ketones is 1. The van der Waals surface area contributed by atoms with Crippen LogP contribution in [-0.2, 0) is 14.4 Å². The number of piperidine rings is 1. The number of alkyl halides is 3. The zero-order valence-electron chi connectivity index (χ0n) is 20.5. The van der Waals surface area contributed by atoms with E-state index in [2.05, 4.69) is 5.32 Å². The number of Topliss-reactive ketones (excluding diaryl/α,β-unsaturated/α-hetero) is 1. The first-order valence-electron chi connectivity index (χ1n) is 12.6. The normalized spacial score (nSPS) is 17.7. The fourth-order valence-electron chi connectivity index (χ4n) is 4.54. The molecule has 0 aliphatic carbocycles.